The van der Waals surface area contributed by atoms with Crippen molar-refractivity contribution in [2.45, 2.75) is 0 Å². The van der Waals surface area contributed by atoms with Crippen LogP contribution in [0.2, 0.25) is 0 Å². The molecule has 12 nitrogen and oxygen atoms in total. The van der Waals surface area contributed by atoms with Crippen molar-refractivity contribution in [2.24, 2.45) is 0 Å². The minimum atomic E-state index is 0.814. The van der Waals surface area contributed by atoms with Gasteiger partial charge in [0, 0.05) is 80.8 Å². The van der Waals surface area contributed by atoms with E-state index in [0.29, 0.717) is 0 Å². The molecule has 0 bridgehead atoms. The van der Waals surface area contributed by atoms with Crippen LogP contribution in [0.3, 0.4) is 0 Å². The summed E-state index contributed by atoms with van der Waals surface area (Å²) in [5, 5.41) is 5.93. The minimum absolute atomic E-state index is 0.814. The van der Waals surface area contributed by atoms with Crippen LogP contribution in [0.5, 0.6) is 0 Å². The van der Waals surface area contributed by atoms with Crippen molar-refractivity contribution in [1.29, 1.82) is 0 Å². The molecule has 0 N–H and O–H groups in total. The molecule has 0 saturated heterocycles. The Bertz CT molecular complexity index is 2690. The number of nitrogens with zero attached hydrogens (tertiary/aromatic N) is 4. The van der Waals surface area contributed by atoms with E-state index in [9.17, 15) is 0 Å². The van der Waals surface area contributed by atoms with E-state index in [1.807, 2.05) is 48.5 Å². The SMILES string of the molecule is c1cc(N(c2ccoc2)c2cc(N(c3ccoc3)c3ccoc3)c3ccc4c(N(c5ccoc5)c5ccoc5)cc(N(c5ccoc5)c5ccoc5)c5ccc2c3c54)co1. The summed E-state index contributed by atoms with van der Waals surface area (Å²) in [6.07, 6.45) is 27.2. The summed E-state index contributed by atoms with van der Waals surface area (Å²) in [7, 11) is 0. The van der Waals surface area contributed by atoms with Crippen LogP contribution < -0.4 is 19.6 Å². The predicted molar refractivity (Wildman–Crippen MR) is 227 cm³/mol. The van der Waals surface area contributed by atoms with Gasteiger partial charge < -0.3 is 54.9 Å². The average molecular weight is 791 g/mol. The van der Waals surface area contributed by atoms with E-state index in [1.54, 1.807) is 100 Å². The number of hydrogen-bond donors (Lipinski definition) is 0. The van der Waals surface area contributed by atoms with Crippen molar-refractivity contribution in [3.63, 3.8) is 0 Å². The summed E-state index contributed by atoms with van der Waals surface area (Å²) in [5.41, 5.74) is 10.0. The molecule has 60 heavy (non-hydrogen) atoms. The zero-order chi connectivity index (χ0) is 39.6. The predicted octanol–water partition coefficient (Wildman–Crippen LogP) is 15.2. The summed E-state index contributed by atoms with van der Waals surface area (Å²) in [5.74, 6) is 0. The second kappa shape index (κ2) is 13.5. The van der Waals surface area contributed by atoms with Crippen molar-refractivity contribution in [3.8, 4) is 0 Å². The first-order valence-corrected chi connectivity index (χ1v) is 19.0. The lowest BCUT2D eigenvalue weighted by atomic mass is 9.89. The van der Waals surface area contributed by atoms with E-state index < -0.39 is 0 Å². The molecule has 8 heterocycles. The molecule has 0 unspecified atom stereocenters. The molecule has 0 radical (unpaired) electrons. The molecule has 0 atom stereocenters. The zero-order valence-corrected chi connectivity index (χ0v) is 31.4. The lowest BCUT2D eigenvalue weighted by Gasteiger charge is -2.32. The van der Waals surface area contributed by atoms with Crippen LogP contribution in [0, 0.1) is 0 Å². The van der Waals surface area contributed by atoms with E-state index in [2.05, 4.69) is 56.0 Å². The van der Waals surface area contributed by atoms with Gasteiger partial charge in [0.1, 0.15) is 50.1 Å². The topological polar surface area (TPSA) is 118 Å². The van der Waals surface area contributed by atoms with Crippen molar-refractivity contribution < 1.29 is 35.3 Å². The lowest BCUT2D eigenvalue weighted by Crippen LogP contribution is -2.14. The highest BCUT2D eigenvalue weighted by molar-refractivity contribution is 6.33. The van der Waals surface area contributed by atoms with E-state index in [0.717, 1.165) is 101 Å². The minimum Gasteiger partial charge on any atom is -0.470 e. The highest BCUT2D eigenvalue weighted by Gasteiger charge is 2.30. The normalized spacial score (nSPS) is 11.7. The molecule has 4 aromatic carbocycles. The van der Waals surface area contributed by atoms with Gasteiger partial charge in [-0.15, -0.1) is 0 Å². The molecule has 0 fully saturated rings. The summed E-state index contributed by atoms with van der Waals surface area (Å²) in [4.78, 5) is 8.55. The summed E-state index contributed by atoms with van der Waals surface area (Å²) in [6.45, 7) is 0. The Morgan fingerprint density at radius 1 is 0.233 bits per heavy atom. The molecule has 12 aromatic rings. The molecule has 8 aromatic heterocycles. The van der Waals surface area contributed by atoms with Gasteiger partial charge in [0.15, 0.2) is 0 Å². The molecule has 290 valence electrons. The average Bonchev–Trinajstić information content (AvgIpc) is 4.13. The van der Waals surface area contributed by atoms with Gasteiger partial charge >= 0.3 is 0 Å². The number of hydrogen-bond acceptors (Lipinski definition) is 12. The van der Waals surface area contributed by atoms with E-state index in [4.69, 9.17) is 35.3 Å². The van der Waals surface area contributed by atoms with Gasteiger partial charge in [-0.05, 0) is 12.1 Å². The second-order valence-electron chi connectivity index (χ2n) is 14.1. The summed E-state index contributed by atoms with van der Waals surface area (Å²) >= 11 is 0. The number of anilines is 12. The monoisotopic (exact) mass is 790 g/mol. The fourth-order valence-electron chi connectivity index (χ4n) is 8.44. The number of furan rings is 8. The van der Waals surface area contributed by atoms with Gasteiger partial charge in [-0.3, -0.25) is 0 Å². The third-order valence-corrected chi connectivity index (χ3v) is 10.9. The molecule has 12 heteroatoms. The molecule has 0 spiro atoms. The molecule has 0 aliphatic rings. The van der Waals surface area contributed by atoms with Crippen LogP contribution >= 0.6 is 0 Å². The van der Waals surface area contributed by atoms with Crippen molar-refractivity contribution in [1.82, 2.24) is 0 Å². The van der Waals surface area contributed by atoms with Gasteiger partial charge in [0.05, 0.1) is 118 Å². The smallest absolute Gasteiger partial charge is 0.114 e. The van der Waals surface area contributed by atoms with Crippen LogP contribution in [0.25, 0.3) is 32.3 Å². The second-order valence-corrected chi connectivity index (χ2v) is 14.1. The Balaban J connectivity index is 1.27. The molecule has 0 saturated carbocycles. The third kappa shape index (κ3) is 5.17. The van der Waals surface area contributed by atoms with Crippen molar-refractivity contribution in [2.75, 3.05) is 19.6 Å². The highest BCUT2D eigenvalue weighted by atomic mass is 16.3. The van der Waals surface area contributed by atoms with E-state index in [-0.39, 0.29) is 0 Å². The van der Waals surface area contributed by atoms with Crippen LogP contribution in [-0.4, -0.2) is 0 Å². The zero-order valence-electron chi connectivity index (χ0n) is 31.4. The first-order valence-electron chi connectivity index (χ1n) is 19.0. The van der Waals surface area contributed by atoms with Crippen LogP contribution in [0.1, 0.15) is 0 Å². The van der Waals surface area contributed by atoms with E-state index >= 15 is 0 Å². The maximum absolute atomic E-state index is 5.71. The maximum Gasteiger partial charge on any atom is 0.114 e. The Morgan fingerprint density at radius 2 is 0.417 bits per heavy atom. The fourth-order valence-corrected chi connectivity index (χ4v) is 8.44. The van der Waals surface area contributed by atoms with Crippen LogP contribution in [0.4, 0.5) is 68.2 Å². The molecule has 0 amide bonds. The Labute approximate surface area is 339 Å². The number of benzene rings is 4. The molecule has 12 rings (SSSR count). The lowest BCUT2D eigenvalue weighted by molar-refractivity contribution is 0.565. The fraction of sp³-hybridized carbons (Fsp3) is 0. The Hall–Kier alpha value is -8.64. The van der Waals surface area contributed by atoms with Gasteiger partial charge in [-0.1, -0.05) is 24.3 Å². The maximum atomic E-state index is 5.71. The molecule has 0 aliphatic heterocycles. The molecule has 0 aliphatic carbocycles. The first kappa shape index (κ1) is 33.5. The van der Waals surface area contributed by atoms with Crippen LogP contribution in [0.15, 0.2) is 220 Å². The quantitative estimate of drug-likeness (QED) is 0.110. The molecular formula is C48H30N4O8. The van der Waals surface area contributed by atoms with Gasteiger partial charge in [0.25, 0.3) is 0 Å². The summed E-state index contributed by atoms with van der Waals surface area (Å²) < 4.78 is 45.7. The summed E-state index contributed by atoms with van der Waals surface area (Å²) in [6, 6.07) is 28.6. The van der Waals surface area contributed by atoms with Gasteiger partial charge in [0.2, 0.25) is 0 Å². The first-order chi connectivity index (χ1) is 29.8. The Morgan fingerprint density at radius 3 is 0.567 bits per heavy atom. The van der Waals surface area contributed by atoms with Gasteiger partial charge in [-0.25, -0.2) is 0 Å². The number of rotatable bonds is 12. The third-order valence-electron chi connectivity index (χ3n) is 10.9. The standard InChI is InChI=1S/C48H30N4O8/c1-2-40-44(50(33-7-15-55-25-33)34-8-16-56-26-34)22-46(52(37-11-19-59-29-37)38-12-20-60-30-38)42-4-3-41-45(51(35-9-17-57-27-35)36-10-18-58-28-36)21-43(39(1)47(41)48(40)42)49(31-5-13-53-23-31)32-6-14-54-24-32/h1-30H. The van der Waals surface area contributed by atoms with Crippen LogP contribution in [-0.2, 0) is 0 Å². The van der Waals surface area contributed by atoms with Crippen molar-refractivity contribution >= 4 is 101 Å². The van der Waals surface area contributed by atoms with Gasteiger partial charge in [-0.2, -0.15) is 0 Å². The highest BCUT2D eigenvalue weighted by Crippen LogP contribution is 2.55. The molecular weight excluding hydrogens is 761 g/mol. The van der Waals surface area contributed by atoms with E-state index in [1.165, 1.54) is 0 Å². The Kier molecular flexibility index (Phi) is 7.53. The largest absolute Gasteiger partial charge is 0.470 e. The van der Waals surface area contributed by atoms with Crippen molar-refractivity contribution in [3.05, 3.63) is 185 Å².